The summed E-state index contributed by atoms with van der Waals surface area (Å²) in [5.41, 5.74) is 1.39. The Hall–Kier alpha value is -2.21. The Morgan fingerprint density at radius 3 is 2.87 bits per heavy atom. The molecule has 3 aromatic rings. The number of nitrogens with two attached hydrogens (primary N) is 1. The maximum atomic E-state index is 12.9. The molecule has 11 heteroatoms. The van der Waals surface area contributed by atoms with E-state index >= 15 is 0 Å². The summed E-state index contributed by atoms with van der Waals surface area (Å²) < 4.78 is 24.4. The fraction of sp³-hybridized carbons (Fsp3) is 0.316. The van der Waals surface area contributed by atoms with Gasteiger partial charge in [0.1, 0.15) is 4.83 Å². The molecule has 2 heterocycles. The normalized spacial score (nSPS) is 13.9. The molecule has 0 unspecified atom stereocenters. The largest absolute Gasteiger partial charge is 0.325 e. The minimum absolute atomic E-state index is 0.0243. The number of thiophene rings is 1. The number of benzene rings is 1. The molecule has 8 nitrogen and oxygen atoms in total. The van der Waals surface area contributed by atoms with Crippen LogP contribution >= 0.6 is 23.1 Å². The number of carbonyl (C=O) groups excluding carboxylic acids is 1. The molecule has 0 aliphatic heterocycles. The number of hydrogen-bond acceptors (Lipinski definition) is 7. The highest BCUT2D eigenvalue weighted by molar-refractivity contribution is 7.99. The summed E-state index contributed by atoms with van der Waals surface area (Å²) >= 11 is 2.73. The van der Waals surface area contributed by atoms with Crippen molar-refractivity contribution in [2.45, 2.75) is 35.7 Å². The van der Waals surface area contributed by atoms with Crippen molar-refractivity contribution in [2.24, 2.45) is 12.2 Å². The highest BCUT2D eigenvalue weighted by atomic mass is 32.2. The molecule has 1 aromatic carbocycles. The van der Waals surface area contributed by atoms with Crippen molar-refractivity contribution in [3.05, 3.63) is 45.1 Å². The Labute approximate surface area is 181 Å². The summed E-state index contributed by atoms with van der Waals surface area (Å²) in [7, 11) is -2.19. The van der Waals surface area contributed by atoms with Crippen LogP contribution in [0.2, 0.25) is 0 Å². The van der Waals surface area contributed by atoms with Crippen LogP contribution in [-0.2, 0) is 34.7 Å². The first kappa shape index (κ1) is 21.0. The van der Waals surface area contributed by atoms with E-state index in [1.807, 2.05) is 0 Å². The smallest absolute Gasteiger partial charge is 0.262 e. The second-order valence-electron chi connectivity index (χ2n) is 7.06. The quantitative estimate of drug-likeness (QED) is 0.441. The highest BCUT2D eigenvalue weighted by Gasteiger charge is 2.21. The molecule has 30 heavy (non-hydrogen) atoms. The van der Waals surface area contributed by atoms with Crippen molar-refractivity contribution in [1.82, 2.24) is 9.55 Å². The van der Waals surface area contributed by atoms with E-state index in [9.17, 15) is 18.0 Å². The molecule has 0 saturated carbocycles. The molecule has 0 radical (unpaired) electrons. The molecular weight excluding hydrogens is 444 g/mol. The Kier molecular flexibility index (Phi) is 5.71. The zero-order valence-corrected chi connectivity index (χ0v) is 18.6. The number of amides is 1. The first-order chi connectivity index (χ1) is 14.2. The number of fused-ring (bicyclic) bond motifs is 3. The molecular formula is C19H20N4O4S3. The molecule has 0 atom stereocenters. The monoisotopic (exact) mass is 464 g/mol. The van der Waals surface area contributed by atoms with Gasteiger partial charge in [0.05, 0.1) is 16.0 Å². The maximum absolute atomic E-state index is 12.9. The number of thioether (sulfide) groups is 1. The van der Waals surface area contributed by atoms with Gasteiger partial charge >= 0.3 is 0 Å². The molecule has 158 valence electrons. The third-order valence-corrected chi connectivity index (χ3v) is 8.06. The van der Waals surface area contributed by atoms with Gasteiger partial charge in [-0.3, -0.25) is 14.2 Å². The predicted molar refractivity (Wildman–Crippen MR) is 119 cm³/mol. The van der Waals surface area contributed by atoms with Crippen LogP contribution in [0.15, 0.2) is 39.1 Å². The Morgan fingerprint density at radius 1 is 1.33 bits per heavy atom. The van der Waals surface area contributed by atoms with Crippen LogP contribution in [0.25, 0.3) is 10.2 Å². The van der Waals surface area contributed by atoms with E-state index in [4.69, 9.17) is 5.14 Å². The van der Waals surface area contributed by atoms with Crippen molar-refractivity contribution in [2.75, 3.05) is 11.1 Å². The van der Waals surface area contributed by atoms with Crippen molar-refractivity contribution in [1.29, 1.82) is 0 Å². The lowest BCUT2D eigenvalue weighted by molar-refractivity contribution is -0.113. The SMILES string of the molecule is Cn1c(SCC(=O)Nc2cccc(S(N)(=O)=O)c2)nc2sc3c(c2c1=O)CCCC3. The van der Waals surface area contributed by atoms with Gasteiger partial charge in [-0.15, -0.1) is 11.3 Å². The lowest BCUT2D eigenvalue weighted by atomic mass is 9.97. The van der Waals surface area contributed by atoms with Gasteiger partial charge in [0.2, 0.25) is 15.9 Å². The Balaban J connectivity index is 1.52. The molecule has 1 amide bonds. The summed E-state index contributed by atoms with van der Waals surface area (Å²) in [6, 6.07) is 5.73. The third-order valence-electron chi connectivity index (χ3n) is 4.93. The standard InChI is InChI=1S/C19H20N4O4S3/c1-23-18(25)16-13-7-2-3-8-14(13)29-17(16)22-19(23)28-10-15(24)21-11-5-4-6-12(9-11)30(20,26)27/h4-6,9H,2-3,7-8,10H2,1H3,(H,21,24)(H2,20,26,27). The topological polar surface area (TPSA) is 124 Å². The van der Waals surface area contributed by atoms with Gasteiger partial charge in [0, 0.05) is 17.6 Å². The predicted octanol–water partition coefficient (Wildman–Crippen LogP) is 2.25. The van der Waals surface area contributed by atoms with Gasteiger partial charge < -0.3 is 5.32 Å². The molecule has 0 spiro atoms. The van der Waals surface area contributed by atoms with E-state index in [-0.39, 0.29) is 22.1 Å². The zero-order chi connectivity index (χ0) is 21.5. The first-order valence-electron chi connectivity index (χ1n) is 9.31. The van der Waals surface area contributed by atoms with Crippen molar-refractivity contribution < 1.29 is 13.2 Å². The number of nitrogens with zero attached hydrogens (tertiary/aromatic N) is 2. The molecule has 0 saturated heterocycles. The lowest BCUT2D eigenvalue weighted by Gasteiger charge is -2.11. The van der Waals surface area contributed by atoms with Crippen molar-refractivity contribution >= 4 is 54.9 Å². The lowest BCUT2D eigenvalue weighted by Crippen LogP contribution is -2.22. The molecule has 1 aliphatic rings. The van der Waals surface area contributed by atoms with Crippen LogP contribution < -0.4 is 16.0 Å². The number of aryl methyl sites for hydroxylation is 2. The summed E-state index contributed by atoms with van der Waals surface area (Å²) in [6.45, 7) is 0. The minimum atomic E-state index is -3.85. The zero-order valence-electron chi connectivity index (χ0n) is 16.2. The highest BCUT2D eigenvalue weighted by Crippen LogP contribution is 2.34. The number of aromatic nitrogens is 2. The van der Waals surface area contributed by atoms with Gasteiger partial charge in [-0.25, -0.2) is 18.5 Å². The minimum Gasteiger partial charge on any atom is -0.325 e. The summed E-state index contributed by atoms with van der Waals surface area (Å²) in [6.07, 6.45) is 4.13. The van der Waals surface area contributed by atoms with Gasteiger partial charge in [-0.05, 0) is 49.4 Å². The summed E-state index contributed by atoms with van der Waals surface area (Å²) in [5.74, 6) is -0.317. The molecule has 3 N–H and O–H groups in total. The molecule has 1 aliphatic carbocycles. The molecule has 0 bridgehead atoms. The van der Waals surface area contributed by atoms with Crippen LogP contribution in [-0.4, -0.2) is 29.6 Å². The first-order valence-corrected chi connectivity index (χ1v) is 12.7. The van der Waals surface area contributed by atoms with E-state index in [1.165, 1.54) is 27.6 Å². The second-order valence-corrected chi connectivity index (χ2v) is 10.6. The van der Waals surface area contributed by atoms with Crippen LogP contribution in [0, 0.1) is 0 Å². The summed E-state index contributed by atoms with van der Waals surface area (Å²) in [5, 5.41) is 8.95. The van der Waals surface area contributed by atoms with E-state index in [1.54, 1.807) is 24.5 Å². The van der Waals surface area contributed by atoms with Crippen molar-refractivity contribution in [3.63, 3.8) is 0 Å². The Bertz CT molecular complexity index is 1310. The number of primary sulfonamides is 1. The fourth-order valence-corrected chi connectivity index (χ4v) is 6.11. The maximum Gasteiger partial charge on any atom is 0.262 e. The molecule has 0 fully saturated rings. The van der Waals surface area contributed by atoms with Gasteiger partial charge in [-0.1, -0.05) is 17.8 Å². The number of carbonyl (C=O) groups is 1. The molecule has 2 aromatic heterocycles. The van der Waals surface area contributed by atoms with Gasteiger partial charge in [0.15, 0.2) is 5.16 Å². The van der Waals surface area contributed by atoms with E-state index in [2.05, 4.69) is 10.3 Å². The number of nitrogens with one attached hydrogen (secondary N) is 1. The van der Waals surface area contributed by atoms with Crippen LogP contribution in [0.4, 0.5) is 5.69 Å². The Morgan fingerprint density at radius 2 is 2.10 bits per heavy atom. The fourth-order valence-electron chi connectivity index (χ4n) is 3.47. The van der Waals surface area contributed by atoms with Crippen LogP contribution in [0.1, 0.15) is 23.3 Å². The number of hydrogen-bond donors (Lipinski definition) is 2. The number of sulfonamides is 1. The molecule has 4 rings (SSSR count). The van der Waals surface area contributed by atoms with Crippen LogP contribution in [0.5, 0.6) is 0 Å². The van der Waals surface area contributed by atoms with Crippen LogP contribution in [0.3, 0.4) is 0 Å². The van der Waals surface area contributed by atoms with Gasteiger partial charge in [-0.2, -0.15) is 0 Å². The van der Waals surface area contributed by atoms with Gasteiger partial charge in [0.25, 0.3) is 5.56 Å². The van der Waals surface area contributed by atoms with E-state index in [0.717, 1.165) is 47.8 Å². The van der Waals surface area contributed by atoms with Crippen molar-refractivity contribution in [3.8, 4) is 0 Å². The van der Waals surface area contributed by atoms with E-state index < -0.39 is 10.0 Å². The second kappa shape index (κ2) is 8.14. The average molecular weight is 465 g/mol. The van der Waals surface area contributed by atoms with E-state index in [0.29, 0.717) is 16.2 Å². The third kappa shape index (κ3) is 4.15. The average Bonchev–Trinajstić information content (AvgIpc) is 3.07. The number of anilines is 1. The number of rotatable bonds is 5. The summed E-state index contributed by atoms with van der Waals surface area (Å²) in [4.78, 5) is 31.8.